The van der Waals surface area contributed by atoms with Crippen LogP contribution < -0.4 is 4.72 Å². The third kappa shape index (κ3) is 3.59. The van der Waals surface area contributed by atoms with E-state index in [4.69, 9.17) is 11.6 Å². The fourth-order valence-corrected chi connectivity index (χ4v) is 4.11. The van der Waals surface area contributed by atoms with E-state index in [1.807, 2.05) is 25.5 Å². The highest BCUT2D eigenvalue weighted by Crippen LogP contribution is 2.24. The summed E-state index contributed by atoms with van der Waals surface area (Å²) in [6, 6.07) is 3.28. The molecule has 1 heterocycles. The van der Waals surface area contributed by atoms with Gasteiger partial charge in [-0.25, -0.2) is 13.1 Å². The van der Waals surface area contributed by atoms with Gasteiger partial charge in [0.2, 0.25) is 10.0 Å². The van der Waals surface area contributed by atoms with Crippen molar-refractivity contribution in [2.45, 2.75) is 52.6 Å². The fraction of sp³-hybridized carbons (Fsp3) is 0.438. The third-order valence-corrected chi connectivity index (χ3v) is 5.97. The summed E-state index contributed by atoms with van der Waals surface area (Å²) in [4.78, 5) is 0.262. The van der Waals surface area contributed by atoms with E-state index in [0.29, 0.717) is 10.6 Å². The number of rotatable bonds is 5. The Balaban J connectivity index is 2.30. The summed E-state index contributed by atoms with van der Waals surface area (Å²) in [6.45, 7) is 10.4. The van der Waals surface area contributed by atoms with Crippen molar-refractivity contribution in [2.75, 3.05) is 0 Å². The molecule has 23 heavy (non-hydrogen) atoms. The van der Waals surface area contributed by atoms with E-state index in [1.54, 1.807) is 26.0 Å². The van der Waals surface area contributed by atoms with Crippen LogP contribution in [0.2, 0.25) is 5.02 Å². The molecule has 5 nitrogen and oxygen atoms in total. The Labute approximate surface area is 142 Å². The van der Waals surface area contributed by atoms with Crippen molar-refractivity contribution >= 4 is 21.6 Å². The van der Waals surface area contributed by atoms with Gasteiger partial charge in [-0.05, 0) is 57.9 Å². The molecule has 2 aromatic rings. The maximum absolute atomic E-state index is 12.6. The van der Waals surface area contributed by atoms with Gasteiger partial charge in [0.05, 0.1) is 10.6 Å². The van der Waals surface area contributed by atoms with Crippen LogP contribution in [0.4, 0.5) is 0 Å². The minimum absolute atomic E-state index is 0.223. The van der Waals surface area contributed by atoms with E-state index in [0.717, 1.165) is 29.1 Å². The molecule has 0 atom stereocenters. The second kappa shape index (κ2) is 6.63. The first-order valence-electron chi connectivity index (χ1n) is 7.46. The smallest absolute Gasteiger partial charge is 0.241 e. The summed E-state index contributed by atoms with van der Waals surface area (Å²) in [6.07, 6.45) is 0. The standard InChI is InChI=1S/C16H22ClN3O2S/c1-6-20-13(5)14(12(4)19-20)9-18-23(21,22)16-8-10(2)15(17)7-11(16)3/h7-8,18H,6,9H2,1-5H3. The highest BCUT2D eigenvalue weighted by molar-refractivity contribution is 7.89. The molecule has 0 aliphatic heterocycles. The van der Waals surface area contributed by atoms with E-state index in [1.165, 1.54) is 0 Å². The topological polar surface area (TPSA) is 64.0 Å². The number of nitrogens with one attached hydrogen (secondary N) is 1. The number of nitrogens with zero attached hydrogens (tertiary/aromatic N) is 2. The molecule has 0 aliphatic rings. The average Bonchev–Trinajstić information content (AvgIpc) is 2.75. The zero-order chi connectivity index (χ0) is 17.4. The quantitative estimate of drug-likeness (QED) is 0.895. The molecule has 0 bridgehead atoms. The molecule has 0 spiro atoms. The Morgan fingerprint density at radius 3 is 2.39 bits per heavy atom. The van der Waals surface area contributed by atoms with Crippen LogP contribution in [0.1, 0.15) is 35.0 Å². The van der Waals surface area contributed by atoms with E-state index >= 15 is 0 Å². The van der Waals surface area contributed by atoms with Crippen molar-refractivity contribution < 1.29 is 8.42 Å². The second-order valence-corrected chi connectivity index (χ2v) is 7.80. The summed E-state index contributed by atoms with van der Waals surface area (Å²) < 4.78 is 29.8. The van der Waals surface area contributed by atoms with Crippen LogP contribution in [0.3, 0.4) is 0 Å². The SMILES string of the molecule is CCn1nc(C)c(CNS(=O)(=O)c2cc(C)c(Cl)cc2C)c1C. The number of benzene rings is 1. The van der Waals surface area contributed by atoms with Gasteiger partial charge in [-0.1, -0.05) is 11.6 Å². The number of aromatic nitrogens is 2. The van der Waals surface area contributed by atoms with Gasteiger partial charge in [0.15, 0.2) is 0 Å². The molecule has 1 N–H and O–H groups in total. The largest absolute Gasteiger partial charge is 0.270 e. The van der Waals surface area contributed by atoms with Crippen molar-refractivity contribution in [1.29, 1.82) is 0 Å². The molecule has 7 heteroatoms. The lowest BCUT2D eigenvalue weighted by Crippen LogP contribution is -2.24. The Hall–Kier alpha value is -1.37. The molecule has 0 aliphatic carbocycles. The first-order valence-corrected chi connectivity index (χ1v) is 9.32. The van der Waals surface area contributed by atoms with Gasteiger partial charge in [-0.2, -0.15) is 5.10 Å². The maximum atomic E-state index is 12.6. The van der Waals surface area contributed by atoms with Crippen LogP contribution in [0.25, 0.3) is 0 Å². The van der Waals surface area contributed by atoms with Crippen LogP contribution in [-0.2, 0) is 23.1 Å². The molecule has 126 valence electrons. The maximum Gasteiger partial charge on any atom is 0.241 e. The van der Waals surface area contributed by atoms with Gasteiger partial charge < -0.3 is 0 Å². The summed E-state index contributed by atoms with van der Waals surface area (Å²) >= 11 is 6.04. The summed E-state index contributed by atoms with van der Waals surface area (Å²) in [7, 11) is -3.61. The summed E-state index contributed by atoms with van der Waals surface area (Å²) in [5.41, 5.74) is 4.11. The Kier molecular flexibility index (Phi) is 5.18. The van der Waals surface area contributed by atoms with Gasteiger partial charge >= 0.3 is 0 Å². The molecule has 0 radical (unpaired) electrons. The summed E-state index contributed by atoms with van der Waals surface area (Å²) in [5, 5.41) is 4.98. The van der Waals surface area contributed by atoms with Crippen LogP contribution in [0, 0.1) is 27.7 Å². The predicted molar refractivity (Wildman–Crippen MR) is 92.3 cm³/mol. The van der Waals surface area contributed by atoms with Crippen molar-refractivity contribution in [3.63, 3.8) is 0 Å². The molecule has 0 saturated carbocycles. The van der Waals surface area contributed by atoms with Gasteiger partial charge in [0, 0.05) is 29.4 Å². The van der Waals surface area contributed by atoms with Crippen molar-refractivity contribution in [3.05, 3.63) is 45.2 Å². The number of hydrogen-bond donors (Lipinski definition) is 1. The highest BCUT2D eigenvalue weighted by Gasteiger charge is 2.20. The van der Waals surface area contributed by atoms with Crippen LogP contribution in [0.5, 0.6) is 0 Å². The van der Waals surface area contributed by atoms with Crippen LogP contribution in [0.15, 0.2) is 17.0 Å². The molecule has 0 saturated heterocycles. The van der Waals surface area contributed by atoms with Gasteiger partial charge in [0.25, 0.3) is 0 Å². The first kappa shape index (κ1) is 18.0. The van der Waals surface area contributed by atoms with E-state index in [2.05, 4.69) is 9.82 Å². The third-order valence-electron chi connectivity index (χ3n) is 4.02. The number of sulfonamides is 1. The lowest BCUT2D eigenvalue weighted by Gasteiger charge is -2.11. The molecular weight excluding hydrogens is 334 g/mol. The molecule has 0 unspecified atom stereocenters. The van der Waals surface area contributed by atoms with E-state index < -0.39 is 10.0 Å². The Morgan fingerprint density at radius 1 is 1.17 bits per heavy atom. The number of halogens is 1. The predicted octanol–water partition coefficient (Wildman–Crippen LogP) is 3.27. The molecule has 1 aromatic heterocycles. The summed E-state index contributed by atoms with van der Waals surface area (Å²) in [5.74, 6) is 0. The Bertz CT molecular complexity index is 841. The van der Waals surface area contributed by atoms with Crippen molar-refractivity contribution in [2.24, 2.45) is 0 Å². The number of hydrogen-bond acceptors (Lipinski definition) is 3. The van der Waals surface area contributed by atoms with Gasteiger partial charge in [0.1, 0.15) is 0 Å². The van der Waals surface area contributed by atoms with Crippen molar-refractivity contribution in [1.82, 2.24) is 14.5 Å². The minimum atomic E-state index is -3.61. The fourth-order valence-electron chi connectivity index (χ4n) is 2.59. The zero-order valence-electron chi connectivity index (χ0n) is 14.1. The van der Waals surface area contributed by atoms with E-state index in [9.17, 15) is 8.42 Å². The Morgan fingerprint density at radius 2 is 1.83 bits per heavy atom. The average molecular weight is 356 g/mol. The van der Waals surface area contributed by atoms with Crippen LogP contribution >= 0.6 is 11.6 Å². The zero-order valence-corrected chi connectivity index (χ0v) is 15.6. The van der Waals surface area contributed by atoms with Crippen molar-refractivity contribution in [3.8, 4) is 0 Å². The molecule has 0 fully saturated rings. The second-order valence-electron chi connectivity index (χ2n) is 5.66. The molecule has 1 aromatic carbocycles. The number of aryl methyl sites for hydroxylation is 4. The molecule has 2 rings (SSSR count). The lowest BCUT2D eigenvalue weighted by atomic mass is 10.2. The highest BCUT2D eigenvalue weighted by atomic mass is 35.5. The van der Waals surface area contributed by atoms with Crippen LogP contribution in [-0.4, -0.2) is 18.2 Å². The van der Waals surface area contributed by atoms with E-state index in [-0.39, 0.29) is 11.4 Å². The molecule has 0 amide bonds. The lowest BCUT2D eigenvalue weighted by molar-refractivity contribution is 0.580. The normalized spacial score (nSPS) is 11.9. The molecular formula is C16H22ClN3O2S. The first-order chi connectivity index (χ1) is 10.7. The minimum Gasteiger partial charge on any atom is -0.270 e. The monoisotopic (exact) mass is 355 g/mol. The van der Waals surface area contributed by atoms with Gasteiger partial charge in [-0.3, -0.25) is 4.68 Å². The van der Waals surface area contributed by atoms with Gasteiger partial charge in [-0.15, -0.1) is 0 Å².